The van der Waals surface area contributed by atoms with Crippen molar-refractivity contribution < 1.29 is 8.91 Å². The molecule has 0 saturated heterocycles. The molecule has 20 heavy (non-hydrogen) atoms. The SMILES string of the molecule is CC(C)Nc1ncnc2onc(-c3ccc(F)cc3)c12. The Morgan fingerprint density at radius 1 is 1.15 bits per heavy atom. The van der Waals surface area contributed by atoms with Gasteiger partial charge in [-0.25, -0.2) is 9.37 Å². The van der Waals surface area contributed by atoms with Crippen molar-refractivity contribution >= 4 is 16.9 Å². The Morgan fingerprint density at radius 2 is 1.90 bits per heavy atom. The number of rotatable bonds is 3. The zero-order chi connectivity index (χ0) is 14.1. The van der Waals surface area contributed by atoms with Gasteiger partial charge in [-0.05, 0) is 38.1 Å². The average Bonchev–Trinajstić information content (AvgIpc) is 2.84. The molecule has 3 rings (SSSR count). The molecule has 1 N–H and O–H groups in total. The van der Waals surface area contributed by atoms with Crippen molar-refractivity contribution in [3.05, 3.63) is 36.4 Å². The zero-order valence-corrected chi connectivity index (χ0v) is 11.1. The van der Waals surface area contributed by atoms with Crippen LogP contribution in [0.5, 0.6) is 0 Å². The number of anilines is 1. The second kappa shape index (κ2) is 4.88. The van der Waals surface area contributed by atoms with Gasteiger partial charge in [-0.1, -0.05) is 5.16 Å². The van der Waals surface area contributed by atoms with Gasteiger partial charge in [0.05, 0.1) is 0 Å². The van der Waals surface area contributed by atoms with E-state index >= 15 is 0 Å². The van der Waals surface area contributed by atoms with Gasteiger partial charge in [0.1, 0.15) is 29.0 Å². The van der Waals surface area contributed by atoms with Crippen LogP contribution in [0, 0.1) is 5.82 Å². The van der Waals surface area contributed by atoms with Crippen molar-refractivity contribution in [1.29, 1.82) is 0 Å². The molecule has 5 nitrogen and oxygen atoms in total. The minimum atomic E-state index is -0.293. The van der Waals surface area contributed by atoms with Crippen molar-refractivity contribution in [3.63, 3.8) is 0 Å². The summed E-state index contributed by atoms with van der Waals surface area (Å²) >= 11 is 0. The summed E-state index contributed by atoms with van der Waals surface area (Å²) < 4.78 is 18.2. The largest absolute Gasteiger partial charge is 0.367 e. The second-order valence-corrected chi connectivity index (χ2v) is 4.74. The predicted octanol–water partition coefficient (Wildman–Crippen LogP) is 3.24. The summed E-state index contributed by atoms with van der Waals surface area (Å²) in [7, 11) is 0. The first-order valence-corrected chi connectivity index (χ1v) is 6.28. The lowest BCUT2D eigenvalue weighted by atomic mass is 10.1. The minimum absolute atomic E-state index is 0.212. The van der Waals surface area contributed by atoms with Gasteiger partial charge >= 0.3 is 0 Å². The standard InChI is InChI=1S/C14H13FN4O/c1-8(2)18-13-11-12(9-3-5-10(15)6-4-9)19-20-14(11)17-7-16-13/h3-8H,1-2H3,(H,16,17,18). The van der Waals surface area contributed by atoms with Crippen LogP contribution in [0.4, 0.5) is 10.2 Å². The highest BCUT2D eigenvalue weighted by atomic mass is 19.1. The molecule has 3 aromatic rings. The highest BCUT2D eigenvalue weighted by Gasteiger charge is 2.17. The lowest BCUT2D eigenvalue weighted by molar-refractivity contribution is 0.451. The summed E-state index contributed by atoms with van der Waals surface area (Å²) in [6, 6.07) is 6.28. The van der Waals surface area contributed by atoms with E-state index in [2.05, 4.69) is 20.4 Å². The summed E-state index contributed by atoms with van der Waals surface area (Å²) in [5.74, 6) is 0.365. The smallest absolute Gasteiger partial charge is 0.263 e. The molecular formula is C14H13FN4O. The molecular weight excluding hydrogens is 259 g/mol. The lowest BCUT2D eigenvalue weighted by Gasteiger charge is -2.09. The summed E-state index contributed by atoms with van der Waals surface area (Å²) in [4.78, 5) is 8.29. The van der Waals surface area contributed by atoms with Crippen LogP contribution < -0.4 is 5.32 Å². The first kappa shape index (κ1) is 12.5. The van der Waals surface area contributed by atoms with Crippen molar-refractivity contribution in [2.24, 2.45) is 0 Å². The normalized spacial score (nSPS) is 11.2. The number of nitrogens with one attached hydrogen (secondary N) is 1. The Bertz CT molecular complexity index is 737. The van der Waals surface area contributed by atoms with Gasteiger partial charge in [0.25, 0.3) is 5.71 Å². The van der Waals surface area contributed by atoms with Crippen LogP contribution in [0.1, 0.15) is 13.8 Å². The summed E-state index contributed by atoms with van der Waals surface area (Å²) in [5.41, 5.74) is 1.76. The number of halogens is 1. The maximum atomic E-state index is 13.0. The van der Waals surface area contributed by atoms with Gasteiger partial charge in [0.2, 0.25) is 0 Å². The van der Waals surface area contributed by atoms with E-state index in [0.717, 1.165) is 5.56 Å². The molecule has 0 atom stereocenters. The third-order valence-electron chi connectivity index (χ3n) is 2.82. The molecule has 6 heteroatoms. The average molecular weight is 272 g/mol. The Morgan fingerprint density at radius 3 is 2.60 bits per heavy atom. The van der Waals surface area contributed by atoms with E-state index in [1.165, 1.54) is 18.5 Å². The number of aromatic nitrogens is 3. The van der Waals surface area contributed by atoms with E-state index in [1.54, 1.807) is 12.1 Å². The monoisotopic (exact) mass is 272 g/mol. The quantitative estimate of drug-likeness (QED) is 0.793. The van der Waals surface area contributed by atoms with Gasteiger partial charge in [-0.3, -0.25) is 0 Å². The Hall–Kier alpha value is -2.50. The van der Waals surface area contributed by atoms with Crippen molar-refractivity contribution in [2.45, 2.75) is 19.9 Å². The number of benzene rings is 1. The fourth-order valence-corrected chi connectivity index (χ4v) is 1.97. The van der Waals surface area contributed by atoms with E-state index in [9.17, 15) is 4.39 Å². The molecule has 0 fully saturated rings. The van der Waals surface area contributed by atoms with Crippen LogP contribution in [-0.2, 0) is 0 Å². The van der Waals surface area contributed by atoms with E-state index in [1.807, 2.05) is 13.8 Å². The molecule has 0 radical (unpaired) electrons. The molecule has 0 saturated carbocycles. The van der Waals surface area contributed by atoms with Crippen LogP contribution in [0.15, 0.2) is 35.1 Å². The van der Waals surface area contributed by atoms with Crippen LogP contribution >= 0.6 is 0 Å². The van der Waals surface area contributed by atoms with Crippen molar-refractivity contribution in [2.75, 3.05) is 5.32 Å². The maximum Gasteiger partial charge on any atom is 0.263 e. The molecule has 102 valence electrons. The third kappa shape index (κ3) is 2.20. The topological polar surface area (TPSA) is 63.8 Å². The van der Waals surface area contributed by atoms with Gasteiger partial charge in [0.15, 0.2) is 0 Å². The highest BCUT2D eigenvalue weighted by Crippen LogP contribution is 2.31. The minimum Gasteiger partial charge on any atom is -0.367 e. The van der Waals surface area contributed by atoms with Crippen molar-refractivity contribution in [3.8, 4) is 11.3 Å². The third-order valence-corrected chi connectivity index (χ3v) is 2.82. The van der Waals surface area contributed by atoms with Gasteiger partial charge in [-0.2, -0.15) is 4.98 Å². The molecule has 0 aliphatic heterocycles. The molecule has 0 amide bonds. The second-order valence-electron chi connectivity index (χ2n) is 4.74. The van der Waals surface area contributed by atoms with E-state index < -0.39 is 0 Å². The van der Waals surface area contributed by atoms with Gasteiger partial charge in [-0.15, -0.1) is 0 Å². The number of hydrogen-bond donors (Lipinski definition) is 1. The van der Waals surface area contributed by atoms with E-state index in [-0.39, 0.29) is 11.9 Å². The summed E-state index contributed by atoms with van der Waals surface area (Å²) in [6.45, 7) is 4.03. The molecule has 0 bridgehead atoms. The zero-order valence-electron chi connectivity index (χ0n) is 11.1. The Kier molecular flexibility index (Phi) is 3.06. The number of fused-ring (bicyclic) bond motifs is 1. The van der Waals surface area contributed by atoms with E-state index in [4.69, 9.17) is 4.52 Å². The molecule has 0 spiro atoms. The first-order chi connectivity index (χ1) is 9.65. The molecule has 0 aliphatic carbocycles. The summed E-state index contributed by atoms with van der Waals surface area (Å²) in [5, 5.41) is 7.96. The van der Waals surface area contributed by atoms with Gasteiger partial charge in [0, 0.05) is 11.6 Å². The van der Waals surface area contributed by atoms with Crippen LogP contribution in [0.25, 0.3) is 22.4 Å². The molecule has 0 unspecified atom stereocenters. The fraction of sp³-hybridized carbons (Fsp3) is 0.214. The first-order valence-electron chi connectivity index (χ1n) is 6.28. The Labute approximate surface area is 114 Å². The van der Waals surface area contributed by atoms with Crippen LogP contribution in [-0.4, -0.2) is 21.2 Å². The van der Waals surface area contributed by atoms with E-state index in [0.29, 0.717) is 22.6 Å². The molecule has 2 aromatic heterocycles. The van der Waals surface area contributed by atoms with Crippen LogP contribution in [0.3, 0.4) is 0 Å². The number of nitrogens with zero attached hydrogens (tertiary/aromatic N) is 3. The van der Waals surface area contributed by atoms with Gasteiger partial charge < -0.3 is 9.84 Å². The Balaban J connectivity index is 2.18. The molecule has 0 aliphatic rings. The number of hydrogen-bond acceptors (Lipinski definition) is 5. The highest BCUT2D eigenvalue weighted by molar-refractivity contribution is 5.97. The molecule has 2 heterocycles. The molecule has 1 aromatic carbocycles. The predicted molar refractivity (Wildman–Crippen MR) is 73.8 cm³/mol. The maximum absolute atomic E-state index is 13.0. The lowest BCUT2D eigenvalue weighted by Crippen LogP contribution is -2.11. The van der Waals surface area contributed by atoms with Crippen LogP contribution in [0.2, 0.25) is 0 Å². The van der Waals surface area contributed by atoms with Crippen molar-refractivity contribution in [1.82, 2.24) is 15.1 Å². The summed E-state index contributed by atoms with van der Waals surface area (Å²) in [6.07, 6.45) is 1.42. The fourth-order valence-electron chi connectivity index (χ4n) is 1.97.